The lowest BCUT2D eigenvalue weighted by atomic mass is 9.67. The molecule has 0 fully saturated rings. The molecule has 2 heteroatoms. The third kappa shape index (κ3) is 5.78. The van der Waals surface area contributed by atoms with Crippen molar-refractivity contribution in [2.45, 2.75) is 5.41 Å². The number of fused-ring (bicyclic) bond motifs is 10. The first-order valence-electron chi connectivity index (χ1n) is 22.4. The summed E-state index contributed by atoms with van der Waals surface area (Å²) >= 11 is 1.92. The molecule has 0 bridgehead atoms. The van der Waals surface area contributed by atoms with E-state index in [1.54, 1.807) is 0 Å². The largest absolute Gasteiger partial charge is 0.310 e. The molecule has 11 aromatic carbocycles. The standard InChI is InChI=1S/C63H41NS/c1-4-17-42(18-5-1)50-24-13-15-30-59(50)64(49-38-40-54-53-26-12-14-29-57(53)63(58(54)41-49,46-20-6-2-7-21-46)47-22-8-3-9-23-47)48-36-33-44(34-37-48)52-27-16-28-55-56-39-35-45-32-31-43-19-10-11-25-51(43)60(45)62(56)65-61(52)55/h1-41H. The minimum absolute atomic E-state index is 0.514. The van der Waals surface area contributed by atoms with Crippen LogP contribution in [0.4, 0.5) is 17.1 Å². The Kier molecular flexibility index (Phi) is 8.69. The van der Waals surface area contributed by atoms with Crippen molar-refractivity contribution >= 4 is 70.1 Å². The molecule has 0 radical (unpaired) electrons. The molecule has 1 aliphatic rings. The summed E-state index contributed by atoms with van der Waals surface area (Å²) in [5, 5.41) is 7.83. The number of para-hydroxylation sites is 1. The molecule has 0 unspecified atom stereocenters. The van der Waals surface area contributed by atoms with Gasteiger partial charge in [0.2, 0.25) is 0 Å². The zero-order valence-electron chi connectivity index (χ0n) is 35.5. The van der Waals surface area contributed by atoms with Gasteiger partial charge in [0.1, 0.15) is 0 Å². The van der Waals surface area contributed by atoms with E-state index in [1.807, 2.05) is 11.3 Å². The number of hydrogen-bond acceptors (Lipinski definition) is 2. The van der Waals surface area contributed by atoms with Crippen LogP contribution >= 0.6 is 11.3 Å². The topological polar surface area (TPSA) is 3.24 Å². The highest BCUT2D eigenvalue weighted by Crippen LogP contribution is 2.57. The van der Waals surface area contributed by atoms with Crippen LogP contribution < -0.4 is 4.90 Å². The molecular formula is C63H41NS. The minimum atomic E-state index is -0.514. The summed E-state index contributed by atoms with van der Waals surface area (Å²) in [5.41, 5.74) is 15.3. The number of rotatable bonds is 7. The summed E-state index contributed by atoms with van der Waals surface area (Å²) in [6.07, 6.45) is 0. The first-order valence-corrected chi connectivity index (χ1v) is 23.2. The maximum atomic E-state index is 2.47. The van der Waals surface area contributed by atoms with E-state index in [9.17, 15) is 0 Å². The Hall–Kier alpha value is -8.04. The van der Waals surface area contributed by atoms with Crippen molar-refractivity contribution < 1.29 is 0 Å². The summed E-state index contributed by atoms with van der Waals surface area (Å²) < 4.78 is 2.67. The Bertz CT molecular complexity index is 3720. The lowest BCUT2D eigenvalue weighted by Gasteiger charge is -2.35. The SMILES string of the molecule is c1ccc(-c2ccccc2N(c2ccc(-c3cccc4c3sc3c4ccc4ccc5ccccc5c43)cc2)c2ccc3c(c2)C(c2ccccc2)(c2ccccc2)c2ccccc2-3)cc1. The fourth-order valence-corrected chi connectivity index (χ4v) is 12.3. The Morgan fingerprint density at radius 2 is 0.877 bits per heavy atom. The lowest BCUT2D eigenvalue weighted by molar-refractivity contribution is 0.768. The number of hydrogen-bond donors (Lipinski definition) is 0. The summed E-state index contributed by atoms with van der Waals surface area (Å²) in [5.74, 6) is 0. The Balaban J connectivity index is 1.01. The number of nitrogens with zero attached hydrogens (tertiary/aromatic N) is 1. The van der Waals surface area contributed by atoms with Gasteiger partial charge in [0.05, 0.1) is 11.1 Å². The van der Waals surface area contributed by atoms with Crippen molar-refractivity contribution in [2.75, 3.05) is 4.90 Å². The summed E-state index contributed by atoms with van der Waals surface area (Å²) in [6, 6.07) is 91.9. The van der Waals surface area contributed by atoms with E-state index < -0.39 is 5.41 Å². The fraction of sp³-hybridized carbons (Fsp3) is 0.0159. The molecule has 1 nitrogen and oxygen atoms in total. The smallest absolute Gasteiger partial charge is 0.0714 e. The van der Waals surface area contributed by atoms with Crippen molar-refractivity contribution in [1.29, 1.82) is 0 Å². The molecule has 0 N–H and O–H groups in total. The average molecular weight is 844 g/mol. The average Bonchev–Trinajstić information content (AvgIpc) is 3.91. The van der Waals surface area contributed by atoms with Gasteiger partial charge in [-0.1, -0.05) is 218 Å². The Labute approximate surface area is 382 Å². The van der Waals surface area contributed by atoms with Gasteiger partial charge in [0, 0.05) is 42.5 Å². The van der Waals surface area contributed by atoms with Crippen molar-refractivity contribution in [3.63, 3.8) is 0 Å². The first kappa shape index (κ1) is 37.5. The van der Waals surface area contributed by atoms with Crippen molar-refractivity contribution in [3.8, 4) is 33.4 Å². The second kappa shape index (κ2) is 15.1. The van der Waals surface area contributed by atoms with Gasteiger partial charge in [0.25, 0.3) is 0 Å². The third-order valence-electron chi connectivity index (χ3n) is 13.7. The second-order valence-electron chi connectivity index (χ2n) is 17.1. The normalized spacial score (nSPS) is 12.7. The van der Waals surface area contributed by atoms with Gasteiger partial charge >= 0.3 is 0 Å². The van der Waals surface area contributed by atoms with Gasteiger partial charge in [-0.05, 0) is 96.6 Å². The maximum Gasteiger partial charge on any atom is 0.0714 e. The lowest BCUT2D eigenvalue weighted by Crippen LogP contribution is -2.28. The van der Waals surface area contributed by atoms with Crippen LogP contribution in [-0.4, -0.2) is 0 Å². The molecule has 0 spiro atoms. The molecule has 1 aliphatic carbocycles. The maximum absolute atomic E-state index is 2.47. The van der Waals surface area contributed by atoms with Gasteiger partial charge in [0.15, 0.2) is 0 Å². The molecule has 0 aliphatic heterocycles. The highest BCUT2D eigenvalue weighted by molar-refractivity contribution is 7.27. The van der Waals surface area contributed by atoms with Gasteiger partial charge in [-0.3, -0.25) is 0 Å². The molecule has 12 aromatic rings. The molecule has 0 saturated heterocycles. The van der Waals surface area contributed by atoms with Crippen LogP contribution in [0.15, 0.2) is 249 Å². The molecular weight excluding hydrogens is 803 g/mol. The quantitative estimate of drug-likeness (QED) is 0.145. The predicted molar refractivity (Wildman–Crippen MR) is 277 cm³/mol. The molecule has 1 aromatic heterocycles. The van der Waals surface area contributed by atoms with E-state index in [2.05, 4.69) is 254 Å². The molecule has 0 saturated carbocycles. The number of benzene rings is 11. The van der Waals surface area contributed by atoms with Crippen molar-refractivity contribution in [3.05, 3.63) is 271 Å². The van der Waals surface area contributed by atoms with Gasteiger partial charge in [-0.25, -0.2) is 0 Å². The first-order chi connectivity index (χ1) is 32.3. The van der Waals surface area contributed by atoms with Crippen LogP contribution in [0.3, 0.4) is 0 Å². The van der Waals surface area contributed by atoms with Crippen LogP contribution in [0, 0.1) is 0 Å². The van der Waals surface area contributed by atoms with E-state index in [-0.39, 0.29) is 0 Å². The molecule has 65 heavy (non-hydrogen) atoms. The summed E-state index contributed by atoms with van der Waals surface area (Å²) in [4.78, 5) is 2.47. The molecule has 13 rings (SSSR count). The zero-order valence-corrected chi connectivity index (χ0v) is 36.3. The predicted octanol–water partition coefficient (Wildman–Crippen LogP) is 17.5. The number of thiophene rings is 1. The van der Waals surface area contributed by atoms with Crippen molar-refractivity contribution in [1.82, 2.24) is 0 Å². The minimum Gasteiger partial charge on any atom is -0.310 e. The van der Waals surface area contributed by atoms with E-state index >= 15 is 0 Å². The van der Waals surface area contributed by atoms with Gasteiger partial charge in [-0.15, -0.1) is 11.3 Å². The van der Waals surface area contributed by atoms with E-state index in [0.29, 0.717) is 0 Å². The van der Waals surface area contributed by atoms with Crippen LogP contribution in [0.2, 0.25) is 0 Å². The number of anilines is 3. The van der Waals surface area contributed by atoms with Crippen LogP contribution in [0.5, 0.6) is 0 Å². The summed E-state index contributed by atoms with van der Waals surface area (Å²) in [7, 11) is 0. The monoisotopic (exact) mass is 843 g/mol. The van der Waals surface area contributed by atoms with Crippen LogP contribution in [-0.2, 0) is 5.41 Å². The third-order valence-corrected chi connectivity index (χ3v) is 15.0. The van der Waals surface area contributed by atoms with Crippen LogP contribution in [0.1, 0.15) is 22.3 Å². The highest BCUT2D eigenvalue weighted by atomic mass is 32.1. The Morgan fingerprint density at radius 3 is 1.66 bits per heavy atom. The molecule has 0 atom stereocenters. The van der Waals surface area contributed by atoms with Gasteiger partial charge in [-0.2, -0.15) is 0 Å². The summed E-state index contributed by atoms with van der Waals surface area (Å²) in [6.45, 7) is 0. The molecule has 1 heterocycles. The van der Waals surface area contributed by atoms with E-state index in [4.69, 9.17) is 0 Å². The van der Waals surface area contributed by atoms with Gasteiger partial charge < -0.3 is 4.90 Å². The fourth-order valence-electron chi connectivity index (χ4n) is 10.9. The van der Waals surface area contributed by atoms with Crippen LogP contribution in [0.25, 0.3) is 75.1 Å². The second-order valence-corrected chi connectivity index (χ2v) is 18.2. The molecule has 0 amide bonds. The molecule has 304 valence electrons. The van der Waals surface area contributed by atoms with E-state index in [1.165, 1.54) is 97.4 Å². The zero-order chi connectivity index (χ0) is 42.9. The van der Waals surface area contributed by atoms with Crippen molar-refractivity contribution in [2.24, 2.45) is 0 Å². The van der Waals surface area contributed by atoms with E-state index in [0.717, 1.165) is 17.1 Å². The Morgan fingerprint density at radius 1 is 0.323 bits per heavy atom. The highest BCUT2D eigenvalue weighted by Gasteiger charge is 2.46.